The van der Waals surface area contributed by atoms with Crippen LogP contribution in [0.15, 0.2) is 17.5 Å². The second-order valence-electron chi connectivity index (χ2n) is 6.41. The minimum atomic E-state index is -0.692. The van der Waals surface area contributed by atoms with Gasteiger partial charge in [-0.15, -0.1) is 11.3 Å². The Bertz CT molecular complexity index is 399. The first-order valence-electron chi connectivity index (χ1n) is 7.53. The molecule has 2 atom stereocenters. The van der Waals surface area contributed by atoms with Crippen LogP contribution < -0.4 is 0 Å². The van der Waals surface area contributed by atoms with Gasteiger partial charge >= 0.3 is 0 Å². The number of thiophene rings is 1. The molecular formula is C16H24O2S. The number of hydrogen-bond acceptors (Lipinski definition) is 3. The number of ether oxygens (including phenoxy) is 1. The number of rotatable bonds is 2. The predicted octanol–water partition coefficient (Wildman–Crippen LogP) is 4.09. The fourth-order valence-corrected chi connectivity index (χ4v) is 4.69. The molecule has 0 bridgehead atoms. The number of hydrogen-bond donors (Lipinski definition) is 1. The van der Waals surface area contributed by atoms with E-state index in [1.807, 2.05) is 13.0 Å². The summed E-state index contributed by atoms with van der Waals surface area (Å²) in [5.74, 6) is 0.331. The molecule has 19 heavy (non-hydrogen) atoms. The van der Waals surface area contributed by atoms with Gasteiger partial charge in [0.25, 0.3) is 0 Å². The topological polar surface area (TPSA) is 29.5 Å². The molecule has 1 aliphatic carbocycles. The smallest absolute Gasteiger partial charge is 0.0989 e. The van der Waals surface area contributed by atoms with Crippen LogP contribution >= 0.6 is 11.3 Å². The zero-order valence-electron chi connectivity index (χ0n) is 11.7. The van der Waals surface area contributed by atoms with Gasteiger partial charge in [0, 0.05) is 11.5 Å². The molecule has 1 aromatic rings. The van der Waals surface area contributed by atoms with E-state index in [2.05, 4.69) is 11.4 Å². The lowest BCUT2D eigenvalue weighted by atomic mass is 9.71. The maximum absolute atomic E-state index is 11.0. The summed E-state index contributed by atoms with van der Waals surface area (Å²) >= 11 is 1.67. The van der Waals surface area contributed by atoms with Crippen LogP contribution in [0.3, 0.4) is 0 Å². The van der Waals surface area contributed by atoms with Crippen molar-refractivity contribution in [2.75, 3.05) is 6.61 Å². The highest BCUT2D eigenvalue weighted by Gasteiger charge is 2.45. The van der Waals surface area contributed by atoms with Crippen LogP contribution in [0.25, 0.3) is 0 Å². The maximum atomic E-state index is 11.0. The highest BCUT2D eigenvalue weighted by Crippen LogP contribution is 2.47. The SMILES string of the molecule is CC(O)(c1cccs1)C1CCOC2(CCCCC2)C1. The lowest BCUT2D eigenvalue weighted by Gasteiger charge is -2.47. The average Bonchev–Trinajstić information content (AvgIpc) is 2.94. The Hall–Kier alpha value is -0.380. The van der Waals surface area contributed by atoms with Gasteiger partial charge in [0.2, 0.25) is 0 Å². The largest absolute Gasteiger partial charge is 0.384 e. The normalized spacial score (nSPS) is 30.1. The highest BCUT2D eigenvalue weighted by atomic mass is 32.1. The van der Waals surface area contributed by atoms with Gasteiger partial charge < -0.3 is 9.84 Å². The van der Waals surface area contributed by atoms with Crippen molar-refractivity contribution in [1.82, 2.24) is 0 Å². The van der Waals surface area contributed by atoms with Gasteiger partial charge in [-0.25, -0.2) is 0 Å². The lowest BCUT2D eigenvalue weighted by molar-refractivity contribution is -0.153. The van der Waals surface area contributed by atoms with Crippen LogP contribution in [0.4, 0.5) is 0 Å². The predicted molar refractivity (Wildman–Crippen MR) is 78.4 cm³/mol. The molecule has 3 heteroatoms. The van der Waals surface area contributed by atoms with Crippen molar-refractivity contribution < 1.29 is 9.84 Å². The molecule has 2 unspecified atom stereocenters. The van der Waals surface area contributed by atoms with Crippen LogP contribution in [0.2, 0.25) is 0 Å². The molecule has 106 valence electrons. The van der Waals surface area contributed by atoms with Gasteiger partial charge in [-0.1, -0.05) is 25.3 Å². The van der Waals surface area contributed by atoms with Gasteiger partial charge in [0.1, 0.15) is 0 Å². The third-order valence-corrected chi connectivity index (χ3v) is 6.17. The van der Waals surface area contributed by atoms with E-state index in [9.17, 15) is 5.11 Å². The first-order valence-corrected chi connectivity index (χ1v) is 8.41. The van der Waals surface area contributed by atoms with Crippen molar-refractivity contribution in [2.45, 2.75) is 63.1 Å². The summed E-state index contributed by atoms with van der Waals surface area (Å²) in [4.78, 5) is 1.10. The van der Waals surface area contributed by atoms with Crippen molar-refractivity contribution in [1.29, 1.82) is 0 Å². The summed E-state index contributed by atoms with van der Waals surface area (Å²) in [7, 11) is 0. The van der Waals surface area contributed by atoms with Crippen molar-refractivity contribution in [3.63, 3.8) is 0 Å². The molecule has 2 fully saturated rings. The fraction of sp³-hybridized carbons (Fsp3) is 0.750. The van der Waals surface area contributed by atoms with Gasteiger partial charge in [0.05, 0.1) is 11.2 Å². The van der Waals surface area contributed by atoms with Crippen LogP contribution in [-0.2, 0) is 10.3 Å². The first kappa shape index (κ1) is 13.6. The van der Waals surface area contributed by atoms with Gasteiger partial charge in [-0.2, -0.15) is 0 Å². The first-order chi connectivity index (χ1) is 9.12. The van der Waals surface area contributed by atoms with E-state index in [0.717, 1.165) is 24.3 Å². The van der Waals surface area contributed by atoms with E-state index in [1.54, 1.807) is 11.3 Å². The number of aliphatic hydroxyl groups is 1. The van der Waals surface area contributed by atoms with Crippen LogP contribution in [0.5, 0.6) is 0 Å². The van der Waals surface area contributed by atoms with Gasteiger partial charge in [-0.05, 0) is 50.0 Å². The maximum Gasteiger partial charge on any atom is 0.0989 e. The van der Waals surface area contributed by atoms with E-state index in [4.69, 9.17) is 4.74 Å². The standard InChI is InChI=1S/C16H24O2S/c1-15(17,14-6-5-11-19-14)13-7-10-18-16(12-13)8-3-2-4-9-16/h5-6,11,13,17H,2-4,7-10,12H2,1H3. The van der Waals surface area contributed by atoms with Crippen molar-refractivity contribution in [3.05, 3.63) is 22.4 Å². The average molecular weight is 280 g/mol. The Morgan fingerprint density at radius 3 is 2.84 bits per heavy atom. The Balaban J connectivity index is 1.77. The second-order valence-corrected chi connectivity index (χ2v) is 7.35. The molecule has 2 nitrogen and oxygen atoms in total. The molecule has 1 saturated heterocycles. The summed E-state index contributed by atoms with van der Waals surface area (Å²) in [5.41, 5.74) is -0.620. The lowest BCUT2D eigenvalue weighted by Crippen LogP contribution is -2.46. The molecule has 1 saturated carbocycles. The van der Waals surface area contributed by atoms with Crippen LogP contribution in [0, 0.1) is 5.92 Å². The van der Waals surface area contributed by atoms with Crippen LogP contribution in [0.1, 0.15) is 56.7 Å². The summed E-state index contributed by atoms with van der Waals surface area (Å²) < 4.78 is 6.14. The van der Waals surface area contributed by atoms with E-state index in [-0.39, 0.29) is 5.60 Å². The van der Waals surface area contributed by atoms with E-state index >= 15 is 0 Å². The summed E-state index contributed by atoms with van der Waals surface area (Å²) in [5, 5.41) is 13.0. The summed E-state index contributed by atoms with van der Waals surface area (Å²) in [6.45, 7) is 2.80. The molecule has 0 aromatic carbocycles. The zero-order valence-corrected chi connectivity index (χ0v) is 12.5. The van der Waals surface area contributed by atoms with Crippen molar-refractivity contribution in [2.24, 2.45) is 5.92 Å². The Morgan fingerprint density at radius 2 is 2.16 bits per heavy atom. The minimum Gasteiger partial charge on any atom is -0.384 e. The quantitative estimate of drug-likeness (QED) is 0.884. The second kappa shape index (κ2) is 5.19. The van der Waals surface area contributed by atoms with Gasteiger partial charge in [-0.3, -0.25) is 0 Å². The zero-order chi connectivity index (χ0) is 13.3. The summed E-state index contributed by atoms with van der Waals surface area (Å²) in [6, 6.07) is 4.10. The molecule has 1 N–H and O–H groups in total. The minimum absolute atomic E-state index is 0.0718. The fourth-order valence-electron chi connectivity index (χ4n) is 3.82. The Kier molecular flexibility index (Phi) is 3.71. The molecule has 0 radical (unpaired) electrons. The highest BCUT2D eigenvalue weighted by molar-refractivity contribution is 7.10. The van der Waals surface area contributed by atoms with E-state index in [0.29, 0.717) is 5.92 Å². The van der Waals surface area contributed by atoms with E-state index < -0.39 is 5.60 Å². The molecule has 2 aliphatic rings. The van der Waals surface area contributed by atoms with E-state index in [1.165, 1.54) is 32.1 Å². The Morgan fingerprint density at radius 1 is 1.37 bits per heavy atom. The molecule has 1 aromatic heterocycles. The third kappa shape index (κ3) is 2.61. The third-order valence-electron chi connectivity index (χ3n) is 5.07. The van der Waals surface area contributed by atoms with Crippen LogP contribution in [-0.4, -0.2) is 17.3 Å². The molecule has 2 heterocycles. The van der Waals surface area contributed by atoms with Gasteiger partial charge in [0.15, 0.2) is 0 Å². The Labute approximate surface area is 119 Å². The molecule has 3 rings (SSSR count). The molecular weight excluding hydrogens is 256 g/mol. The monoisotopic (exact) mass is 280 g/mol. The molecule has 1 aliphatic heterocycles. The van der Waals surface area contributed by atoms with Crippen molar-refractivity contribution >= 4 is 11.3 Å². The summed E-state index contributed by atoms with van der Waals surface area (Å²) in [6.07, 6.45) is 8.29. The molecule has 1 spiro atoms. The molecule has 0 amide bonds. The van der Waals surface area contributed by atoms with Crippen molar-refractivity contribution in [3.8, 4) is 0 Å².